The summed E-state index contributed by atoms with van der Waals surface area (Å²) in [6.07, 6.45) is 3.98. The Balaban J connectivity index is 1.58. The minimum Gasteiger partial charge on any atom is -0.344 e. The first-order valence-electron chi connectivity index (χ1n) is 8.86. The number of allylic oxidation sites excluding steroid dienone is 1. The lowest BCUT2D eigenvalue weighted by Crippen LogP contribution is -2.02. The fraction of sp³-hybridized carbons (Fsp3) is 0.0909. The van der Waals surface area contributed by atoms with Crippen molar-refractivity contribution in [2.75, 3.05) is 10.6 Å². The van der Waals surface area contributed by atoms with Crippen LogP contribution in [0.2, 0.25) is 0 Å². The first-order valence-corrected chi connectivity index (χ1v) is 8.86. The maximum absolute atomic E-state index is 4.59. The van der Waals surface area contributed by atoms with Gasteiger partial charge in [-0.25, -0.2) is 4.98 Å². The van der Waals surface area contributed by atoms with Crippen molar-refractivity contribution >= 4 is 34.0 Å². The van der Waals surface area contributed by atoms with Crippen LogP contribution < -0.4 is 10.6 Å². The van der Waals surface area contributed by atoms with Crippen molar-refractivity contribution in [3.8, 4) is 0 Å². The summed E-state index contributed by atoms with van der Waals surface area (Å²) in [5.41, 5.74) is 4.02. The number of para-hydroxylation sites is 1. The van der Waals surface area contributed by atoms with E-state index in [1.54, 1.807) is 0 Å². The SMILES string of the molecule is C=CCn1ccc2cc(Nc3cc(C)nc(Nc4ccccc4)n3)ccc21. The Morgan fingerprint density at radius 2 is 1.81 bits per heavy atom. The molecule has 0 saturated heterocycles. The van der Waals surface area contributed by atoms with Crippen LogP contribution in [0.3, 0.4) is 0 Å². The number of fused-ring (bicyclic) bond motifs is 1. The third-order valence-corrected chi connectivity index (χ3v) is 4.25. The van der Waals surface area contributed by atoms with Crippen LogP contribution in [0.15, 0.2) is 79.5 Å². The van der Waals surface area contributed by atoms with Gasteiger partial charge in [0.15, 0.2) is 0 Å². The van der Waals surface area contributed by atoms with Crippen LogP contribution in [-0.2, 0) is 6.54 Å². The van der Waals surface area contributed by atoms with Crippen molar-refractivity contribution in [1.29, 1.82) is 0 Å². The predicted octanol–water partition coefficient (Wildman–Crippen LogP) is 5.41. The molecule has 2 aromatic carbocycles. The van der Waals surface area contributed by atoms with Crippen LogP contribution in [0, 0.1) is 6.92 Å². The molecular weight excluding hydrogens is 334 g/mol. The first kappa shape index (κ1) is 16.8. The Hall–Kier alpha value is -3.60. The van der Waals surface area contributed by atoms with Gasteiger partial charge in [-0.1, -0.05) is 24.3 Å². The molecule has 0 aliphatic carbocycles. The van der Waals surface area contributed by atoms with Crippen molar-refractivity contribution in [3.63, 3.8) is 0 Å². The van der Waals surface area contributed by atoms with Gasteiger partial charge in [0.1, 0.15) is 5.82 Å². The molecule has 2 heterocycles. The zero-order valence-electron chi connectivity index (χ0n) is 15.2. The zero-order valence-corrected chi connectivity index (χ0v) is 15.2. The minimum atomic E-state index is 0.571. The quantitative estimate of drug-likeness (QED) is 0.454. The lowest BCUT2D eigenvalue weighted by atomic mass is 10.2. The molecule has 0 fully saturated rings. The van der Waals surface area contributed by atoms with Crippen molar-refractivity contribution < 1.29 is 0 Å². The summed E-state index contributed by atoms with van der Waals surface area (Å²) >= 11 is 0. The minimum absolute atomic E-state index is 0.571. The van der Waals surface area contributed by atoms with Gasteiger partial charge in [-0.05, 0) is 43.3 Å². The molecule has 27 heavy (non-hydrogen) atoms. The highest BCUT2D eigenvalue weighted by atomic mass is 15.1. The molecule has 5 nitrogen and oxygen atoms in total. The highest BCUT2D eigenvalue weighted by Crippen LogP contribution is 2.24. The van der Waals surface area contributed by atoms with Crippen LogP contribution >= 0.6 is 0 Å². The van der Waals surface area contributed by atoms with Gasteiger partial charge in [0, 0.05) is 46.8 Å². The summed E-state index contributed by atoms with van der Waals surface area (Å²) in [5.74, 6) is 1.33. The molecule has 134 valence electrons. The van der Waals surface area contributed by atoms with Crippen molar-refractivity contribution in [3.05, 3.63) is 85.2 Å². The topological polar surface area (TPSA) is 54.8 Å². The molecule has 0 aliphatic heterocycles. The second kappa shape index (κ2) is 7.33. The Morgan fingerprint density at radius 3 is 2.63 bits per heavy atom. The molecule has 0 amide bonds. The third kappa shape index (κ3) is 3.82. The largest absolute Gasteiger partial charge is 0.344 e. The molecule has 0 saturated carbocycles. The van der Waals surface area contributed by atoms with E-state index in [0.717, 1.165) is 29.4 Å². The van der Waals surface area contributed by atoms with Crippen LogP contribution in [0.4, 0.5) is 23.1 Å². The third-order valence-electron chi connectivity index (χ3n) is 4.25. The van der Waals surface area contributed by atoms with Crippen LogP contribution in [0.1, 0.15) is 5.69 Å². The van der Waals surface area contributed by atoms with E-state index < -0.39 is 0 Å². The predicted molar refractivity (Wildman–Crippen MR) is 112 cm³/mol. The van der Waals surface area contributed by atoms with Gasteiger partial charge >= 0.3 is 0 Å². The molecule has 0 radical (unpaired) electrons. The molecule has 0 bridgehead atoms. The standard InChI is InChI=1S/C22H21N5/c1-3-12-27-13-11-17-15-19(9-10-20(17)27)24-21-14-16(2)23-22(26-21)25-18-7-5-4-6-8-18/h3-11,13-15H,1,12H2,2H3,(H2,23,24,25,26). The monoisotopic (exact) mass is 355 g/mol. The Labute approximate surface area is 158 Å². The normalized spacial score (nSPS) is 10.7. The zero-order chi connectivity index (χ0) is 18.6. The number of nitrogens with one attached hydrogen (secondary N) is 2. The highest BCUT2D eigenvalue weighted by Gasteiger charge is 2.05. The Kier molecular flexibility index (Phi) is 4.58. The molecule has 2 N–H and O–H groups in total. The van der Waals surface area contributed by atoms with Crippen LogP contribution in [0.25, 0.3) is 10.9 Å². The first-order chi connectivity index (χ1) is 13.2. The van der Waals surface area contributed by atoms with Gasteiger partial charge in [-0.3, -0.25) is 0 Å². The number of nitrogens with zero attached hydrogens (tertiary/aromatic N) is 3. The molecule has 5 heteroatoms. The van der Waals surface area contributed by atoms with E-state index in [1.807, 2.05) is 49.4 Å². The van der Waals surface area contributed by atoms with E-state index in [-0.39, 0.29) is 0 Å². The van der Waals surface area contributed by atoms with Gasteiger partial charge < -0.3 is 15.2 Å². The molecular formula is C22H21N5. The summed E-state index contributed by atoms with van der Waals surface area (Å²) in [6.45, 7) is 6.57. The van der Waals surface area contributed by atoms with E-state index in [0.29, 0.717) is 5.95 Å². The van der Waals surface area contributed by atoms with Gasteiger partial charge in [0.05, 0.1) is 0 Å². The number of aryl methyl sites for hydroxylation is 1. The van der Waals surface area contributed by atoms with Crippen LogP contribution in [0.5, 0.6) is 0 Å². The number of hydrogen-bond donors (Lipinski definition) is 2. The van der Waals surface area contributed by atoms with Gasteiger partial charge in [0.2, 0.25) is 5.95 Å². The number of aromatic nitrogens is 3. The second-order valence-electron chi connectivity index (χ2n) is 6.36. The number of hydrogen-bond acceptors (Lipinski definition) is 4. The summed E-state index contributed by atoms with van der Waals surface area (Å²) in [7, 11) is 0. The maximum Gasteiger partial charge on any atom is 0.229 e. The Bertz CT molecular complexity index is 1080. The molecule has 2 aromatic heterocycles. The average Bonchev–Trinajstić information content (AvgIpc) is 3.05. The fourth-order valence-electron chi connectivity index (χ4n) is 3.06. The summed E-state index contributed by atoms with van der Waals surface area (Å²) in [4.78, 5) is 9.06. The van der Waals surface area contributed by atoms with E-state index in [1.165, 1.54) is 10.9 Å². The van der Waals surface area contributed by atoms with E-state index in [9.17, 15) is 0 Å². The average molecular weight is 355 g/mol. The van der Waals surface area contributed by atoms with E-state index >= 15 is 0 Å². The lowest BCUT2D eigenvalue weighted by molar-refractivity contribution is 0.865. The Morgan fingerprint density at radius 1 is 0.963 bits per heavy atom. The lowest BCUT2D eigenvalue weighted by Gasteiger charge is -2.10. The van der Waals surface area contributed by atoms with Crippen molar-refractivity contribution in [2.45, 2.75) is 13.5 Å². The maximum atomic E-state index is 4.59. The molecule has 0 unspecified atom stereocenters. The summed E-state index contributed by atoms with van der Waals surface area (Å²) in [5, 5.41) is 7.80. The van der Waals surface area contributed by atoms with Crippen LogP contribution in [-0.4, -0.2) is 14.5 Å². The van der Waals surface area contributed by atoms with Gasteiger partial charge in [-0.15, -0.1) is 6.58 Å². The summed E-state index contributed by atoms with van der Waals surface area (Å²) in [6, 6.07) is 20.2. The number of rotatable bonds is 6. The molecule has 4 rings (SSSR count). The van der Waals surface area contributed by atoms with E-state index in [2.05, 4.69) is 62.2 Å². The molecule has 0 spiro atoms. The fourth-order valence-corrected chi connectivity index (χ4v) is 3.06. The smallest absolute Gasteiger partial charge is 0.229 e. The van der Waals surface area contributed by atoms with Crippen molar-refractivity contribution in [1.82, 2.24) is 14.5 Å². The second-order valence-corrected chi connectivity index (χ2v) is 6.36. The number of anilines is 4. The van der Waals surface area contributed by atoms with Crippen molar-refractivity contribution in [2.24, 2.45) is 0 Å². The molecule has 0 aliphatic rings. The van der Waals surface area contributed by atoms with Gasteiger partial charge in [-0.2, -0.15) is 4.98 Å². The highest BCUT2D eigenvalue weighted by molar-refractivity contribution is 5.84. The van der Waals surface area contributed by atoms with Gasteiger partial charge in [0.25, 0.3) is 0 Å². The summed E-state index contributed by atoms with van der Waals surface area (Å²) < 4.78 is 2.17. The molecule has 0 atom stereocenters. The molecule has 4 aromatic rings. The van der Waals surface area contributed by atoms with E-state index in [4.69, 9.17) is 0 Å². The number of benzene rings is 2.